The summed E-state index contributed by atoms with van der Waals surface area (Å²) in [5.41, 5.74) is 4.00. The number of fused-ring (bicyclic) bond motifs is 1. The zero-order valence-electron chi connectivity index (χ0n) is 11.1. The van der Waals surface area contributed by atoms with Gasteiger partial charge in [-0.25, -0.2) is 4.98 Å². The average Bonchev–Trinajstić information content (AvgIpc) is 2.74. The van der Waals surface area contributed by atoms with E-state index in [2.05, 4.69) is 62.0 Å². The normalized spacial score (nSPS) is 14.4. The Balaban J connectivity index is 1.77. The SMILES string of the molecule is Cc1cccc(CCc2nc(Br)c3n2CCNC3)c1. The lowest BCUT2D eigenvalue weighted by Gasteiger charge is -2.18. The molecule has 0 unspecified atom stereocenters. The maximum atomic E-state index is 4.67. The molecular weight excluding hydrogens is 302 g/mol. The summed E-state index contributed by atoms with van der Waals surface area (Å²) in [5, 5.41) is 3.39. The molecule has 0 saturated carbocycles. The fraction of sp³-hybridized carbons (Fsp3) is 0.400. The first-order valence-corrected chi connectivity index (χ1v) is 7.53. The van der Waals surface area contributed by atoms with Crippen molar-refractivity contribution in [2.75, 3.05) is 6.54 Å². The molecule has 0 fully saturated rings. The first-order valence-electron chi connectivity index (χ1n) is 6.74. The Bertz CT molecular complexity index is 589. The van der Waals surface area contributed by atoms with E-state index in [1.54, 1.807) is 0 Å². The molecule has 0 spiro atoms. The Kier molecular flexibility index (Phi) is 3.71. The highest BCUT2D eigenvalue weighted by molar-refractivity contribution is 9.10. The Labute approximate surface area is 122 Å². The first-order chi connectivity index (χ1) is 9.24. The van der Waals surface area contributed by atoms with E-state index >= 15 is 0 Å². The highest BCUT2D eigenvalue weighted by Crippen LogP contribution is 2.21. The van der Waals surface area contributed by atoms with Crippen LogP contribution in [0.2, 0.25) is 0 Å². The third kappa shape index (κ3) is 2.74. The van der Waals surface area contributed by atoms with Crippen LogP contribution in [0.25, 0.3) is 0 Å². The molecule has 1 N–H and O–H groups in total. The summed E-state index contributed by atoms with van der Waals surface area (Å²) < 4.78 is 3.36. The number of imidazole rings is 1. The van der Waals surface area contributed by atoms with Crippen LogP contribution in [0.15, 0.2) is 28.9 Å². The molecule has 100 valence electrons. The minimum Gasteiger partial charge on any atom is -0.329 e. The van der Waals surface area contributed by atoms with E-state index in [-0.39, 0.29) is 0 Å². The second-order valence-electron chi connectivity index (χ2n) is 5.08. The van der Waals surface area contributed by atoms with Gasteiger partial charge < -0.3 is 9.88 Å². The quantitative estimate of drug-likeness (QED) is 0.942. The summed E-state index contributed by atoms with van der Waals surface area (Å²) >= 11 is 3.57. The molecule has 19 heavy (non-hydrogen) atoms. The number of benzene rings is 1. The van der Waals surface area contributed by atoms with E-state index < -0.39 is 0 Å². The van der Waals surface area contributed by atoms with Crippen LogP contribution in [0.5, 0.6) is 0 Å². The summed E-state index contributed by atoms with van der Waals surface area (Å²) in [6, 6.07) is 8.73. The van der Waals surface area contributed by atoms with Crippen LogP contribution in [0, 0.1) is 6.92 Å². The monoisotopic (exact) mass is 319 g/mol. The molecule has 4 heteroatoms. The van der Waals surface area contributed by atoms with Crippen LogP contribution in [-0.4, -0.2) is 16.1 Å². The van der Waals surface area contributed by atoms with Crippen LogP contribution in [0.1, 0.15) is 22.6 Å². The van der Waals surface area contributed by atoms with E-state index in [0.717, 1.165) is 37.1 Å². The molecule has 1 aromatic heterocycles. The van der Waals surface area contributed by atoms with Crippen molar-refractivity contribution in [3.63, 3.8) is 0 Å². The average molecular weight is 320 g/mol. The predicted octanol–water partition coefficient (Wildman–Crippen LogP) is 2.84. The number of hydrogen-bond donors (Lipinski definition) is 1. The second-order valence-corrected chi connectivity index (χ2v) is 5.83. The summed E-state index contributed by atoms with van der Waals surface area (Å²) in [5.74, 6) is 1.20. The third-order valence-corrected chi connectivity index (χ3v) is 4.26. The van der Waals surface area contributed by atoms with Gasteiger partial charge in [0, 0.05) is 26.1 Å². The smallest absolute Gasteiger partial charge is 0.128 e. The van der Waals surface area contributed by atoms with Crippen molar-refractivity contribution in [1.82, 2.24) is 14.9 Å². The number of hydrogen-bond acceptors (Lipinski definition) is 2. The van der Waals surface area contributed by atoms with Crippen LogP contribution in [0.3, 0.4) is 0 Å². The maximum absolute atomic E-state index is 4.67. The van der Waals surface area contributed by atoms with Gasteiger partial charge in [0.25, 0.3) is 0 Å². The lowest BCUT2D eigenvalue weighted by Crippen LogP contribution is -2.28. The third-order valence-electron chi connectivity index (χ3n) is 3.63. The van der Waals surface area contributed by atoms with Crippen molar-refractivity contribution in [2.45, 2.75) is 32.9 Å². The molecule has 0 bridgehead atoms. The Morgan fingerprint density at radius 3 is 3.11 bits per heavy atom. The lowest BCUT2D eigenvalue weighted by atomic mass is 10.1. The standard InChI is InChI=1S/C15H18BrN3/c1-11-3-2-4-12(9-11)5-6-14-18-15(16)13-10-17-7-8-19(13)14/h2-4,9,17H,5-8,10H2,1H3. The van der Waals surface area contributed by atoms with Gasteiger partial charge in [0.2, 0.25) is 0 Å². The van der Waals surface area contributed by atoms with Gasteiger partial charge in [-0.3, -0.25) is 0 Å². The molecular formula is C15H18BrN3. The number of nitrogens with zero attached hydrogens (tertiary/aromatic N) is 2. The first kappa shape index (κ1) is 12.9. The summed E-state index contributed by atoms with van der Waals surface area (Å²) in [7, 11) is 0. The van der Waals surface area contributed by atoms with Gasteiger partial charge in [-0.15, -0.1) is 0 Å². The van der Waals surface area contributed by atoms with Gasteiger partial charge >= 0.3 is 0 Å². The zero-order chi connectivity index (χ0) is 13.2. The maximum Gasteiger partial charge on any atom is 0.128 e. The van der Waals surface area contributed by atoms with E-state index in [1.165, 1.54) is 22.6 Å². The number of rotatable bonds is 3. The summed E-state index contributed by atoms with van der Waals surface area (Å²) in [4.78, 5) is 4.67. The number of aromatic nitrogens is 2. The van der Waals surface area contributed by atoms with Crippen molar-refractivity contribution < 1.29 is 0 Å². The van der Waals surface area contributed by atoms with Gasteiger partial charge in [0.05, 0.1) is 5.69 Å². The summed E-state index contributed by atoms with van der Waals surface area (Å²) in [6.07, 6.45) is 2.06. The van der Waals surface area contributed by atoms with Gasteiger partial charge in [-0.2, -0.15) is 0 Å². The molecule has 1 aliphatic heterocycles. The van der Waals surface area contributed by atoms with Crippen molar-refractivity contribution >= 4 is 15.9 Å². The van der Waals surface area contributed by atoms with E-state index in [9.17, 15) is 0 Å². The highest BCUT2D eigenvalue weighted by atomic mass is 79.9. The molecule has 1 aliphatic rings. The van der Waals surface area contributed by atoms with Gasteiger partial charge in [0.1, 0.15) is 10.4 Å². The van der Waals surface area contributed by atoms with Gasteiger partial charge in [0.15, 0.2) is 0 Å². The largest absolute Gasteiger partial charge is 0.329 e. The molecule has 3 nitrogen and oxygen atoms in total. The van der Waals surface area contributed by atoms with Crippen molar-refractivity contribution in [3.8, 4) is 0 Å². The van der Waals surface area contributed by atoms with Crippen molar-refractivity contribution in [3.05, 3.63) is 51.5 Å². The van der Waals surface area contributed by atoms with Crippen molar-refractivity contribution in [2.24, 2.45) is 0 Å². The fourth-order valence-corrected chi connectivity index (χ4v) is 3.21. The van der Waals surface area contributed by atoms with E-state index in [1.807, 2.05) is 0 Å². The summed E-state index contributed by atoms with van der Waals surface area (Å²) in [6.45, 7) is 5.12. The Morgan fingerprint density at radius 2 is 2.26 bits per heavy atom. The molecule has 1 aromatic carbocycles. The topological polar surface area (TPSA) is 29.9 Å². The van der Waals surface area contributed by atoms with Gasteiger partial charge in [-0.05, 0) is 34.8 Å². The molecule has 0 aliphatic carbocycles. The molecule has 2 aromatic rings. The molecule has 3 rings (SSSR count). The highest BCUT2D eigenvalue weighted by Gasteiger charge is 2.17. The van der Waals surface area contributed by atoms with E-state index in [4.69, 9.17) is 0 Å². The second kappa shape index (κ2) is 5.47. The predicted molar refractivity (Wildman–Crippen MR) is 80.2 cm³/mol. The Morgan fingerprint density at radius 1 is 1.37 bits per heavy atom. The zero-order valence-corrected chi connectivity index (χ0v) is 12.7. The molecule has 0 atom stereocenters. The Hall–Kier alpha value is -1.13. The van der Waals surface area contributed by atoms with Crippen LogP contribution >= 0.6 is 15.9 Å². The minimum atomic E-state index is 0.915. The van der Waals surface area contributed by atoms with E-state index in [0.29, 0.717) is 0 Å². The molecule has 0 saturated heterocycles. The van der Waals surface area contributed by atoms with Crippen molar-refractivity contribution in [1.29, 1.82) is 0 Å². The lowest BCUT2D eigenvalue weighted by molar-refractivity contribution is 0.499. The fourth-order valence-electron chi connectivity index (χ4n) is 2.65. The molecule has 2 heterocycles. The number of halogens is 1. The van der Waals surface area contributed by atoms with Crippen LogP contribution in [0.4, 0.5) is 0 Å². The number of aryl methyl sites for hydroxylation is 3. The van der Waals surface area contributed by atoms with Crippen LogP contribution in [-0.2, 0) is 25.9 Å². The minimum absolute atomic E-state index is 0.915. The molecule has 0 radical (unpaired) electrons. The van der Waals surface area contributed by atoms with Gasteiger partial charge in [-0.1, -0.05) is 29.8 Å². The molecule has 0 amide bonds. The number of nitrogens with one attached hydrogen (secondary N) is 1. The van der Waals surface area contributed by atoms with Crippen LogP contribution < -0.4 is 5.32 Å².